The van der Waals surface area contributed by atoms with Gasteiger partial charge in [-0.3, -0.25) is 14.7 Å². The molecule has 1 fully saturated rings. The van der Waals surface area contributed by atoms with E-state index in [4.69, 9.17) is 4.98 Å². The molecule has 0 atom stereocenters. The minimum atomic E-state index is -4.32. The molecule has 0 unspecified atom stereocenters. The molecule has 2 aromatic heterocycles. The summed E-state index contributed by atoms with van der Waals surface area (Å²) in [7, 11) is 0. The SMILES string of the molecule is CC(C)(C)n1ncc2c(=O)[nH]c(N3CCCN(Cc4ccc(C(F)(F)F)cc4)CC3)nc21. The van der Waals surface area contributed by atoms with Crippen molar-refractivity contribution in [3.05, 3.63) is 51.9 Å². The number of benzene rings is 1. The molecule has 1 saturated heterocycles. The third-order valence-electron chi connectivity index (χ3n) is 5.64. The van der Waals surface area contributed by atoms with Crippen LogP contribution < -0.4 is 10.5 Å². The number of rotatable bonds is 3. The van der Waals surface area contributed by atoms with E-state index in [2.05, 4.69) is 15.0 Å². The zero-order chi connectivity index (χ0) is 23.1. The van der Waals surface area contributed by atoms with E-state index in [1.54, 1.807) is 10.9 Å². The van der Waals surface area contributed by atoms with Gasteiger partial charge in [0.05, 0.1) is 17.3 Å². The van der Waals surface area contributed by atoms with Crippen LogP contribution in [0, 0.1) is 0 Å². The van der Waals surface area contributed by atoms with Crippen LogP contribution >= 0.6 is 0 Å². The van der Waals surface area contributed by atoms with Crippen molar-refractivity contribution in [3.63, 3.8) is 0 Å². The first kappa shape index (κ1) is 22.3. The highest BCUT2D eigenvalue weighted by atomic mass is 19.4. The fraction of sp³-hybridized carbons (Fsp3) is 0.500. The van der Waals surface area contributed by atoms with Crippen LogP contribution in [0.5, 0.6) is 0 Å². The number of nitrogens with one attached hydrogen (secondary N) is 1. The van der Waals surface area contributed by atoms with E-state index < -0.39 is 11.7 Å². The van der Waals surface area contributed by atoms with Gasteiger partial charge in [-0.25, -0.2) is 4.68 Å². The summed E-state index contributed by atoms with van der Waals surface area (Å²) < 4.78 is 40.1. The van der Waals surface area contributed by atoms with E-state index in [0.717, 1.165) is 37.2 Å². The molecule has 3 aromatic rings. The molecular formula is C22H27F3N6O. The van der Waals surface area contributed by atoms with Crippen molar-refractivity contribution >= 4 is 17.0 Å². The molecule has 1 aromatic carbocycles. The summed E-state index contributed by atoms with van der Waals surface area (Å²) in [4.78, 5) is 24.5. The standard InChI is InChI=1S/C22H27F3N6O/c1-21(2,3)31-18-17(13-26-31)19(32)28-20(27-18)30-10-4-9-29(11-12-30)14-15-5-7-16(8-6-15)22(23,24)25/h5-8,13H,4,9-12,14H2,1-3H3,(H,27,28,32). The Morgan fingerprint density at radius 1 is 1.03 bits per heavy atom. The number of aromatic amines is 1. The molecule has 1 aliphatic heterocycles. The number of hydrogen-bond acceptors (Lipinski definition) is 5. The fourth-order valence-corrected chi connectivity index (χ4v) is 3.95. The van der Waals surface area contributed by atoms with Crippen molar-refractivity contribution in [3.8, 4) is 0 Å². The number of halogens is 3. The second kappa shape index (κ2) is 8.23. The predicted molar refractivity (Wildman–Crippen MR) is 117 cm³/mol. The minimum absolute atomic E-state index is 0.216. The van der Waals surface area contributed by atoms with Gasteiger partial charge in [0.2, 0.25) is 5.95 Å². The van der Waals surface area contributed by atoms with Crippen LogP contribution in [0.4, 0.5) is 19.1 Å². The maximum atomic E-state index is 12.8. The van der Waals surface area contributed by atoms with Gasteiger partial charge in [0.25, 0.3) is 5.56 Å². The Hall–Kier alpha value is -2.88. The highest BCUT2D eigenvalue weighted by Crippen LogP contribution is 2.29. The van der Waals surface area contributed by atoms with Gasteiger partial charge in [0.1, 0.15) is 5.39 Å². The third kappa shape index (κ3) is 4.64. The quantitative estimate of drug-likeness (QED) is 0.663. The van der Waals surface area contributed by atoms with Gasteiger partial charge in [-0.15, -0.1) is 0 Å². The second-order valence-corrected chi connectivity index (χ2v) is 9.17. The Labute approximate surface area is 183 Å². The summed E-state index contributed by atoms with van der Waals surface area (Å²) in [5.74, 6) is 0.518. The molecule has 0 saturated carbocycles. The maximum absolute atomic E-state index is 12.8. The fourth-order valence-electron chi connectivity index (χ4n) is 3.95. The minimum Gasteiger partial charge on any atom is -0.341 e. The zero-order valence-corrected chi connectivity index (χ0v) is 18.4. The van der Waals surface area contributed by atoms with Crippen LogP contribution in [0.25, 0.3) is 11.0 Å². The van der Waals surface area contributed by atoms with Crippen LogP contribution in [0.15, 0.2) is 35.3 Å². The monoisotopic (exact) mass is 448 g/mol. The van der Waals surface area contributed by atoms with E-state index in [1.165, 1.54) is 12.1 Å². The highest BCUT2D eigenvalue weighted by Gasteiger charge is 2.30. The molecule has 172 valence electrons. The van der Waals surface area contributed by atoms with Crippen molar-refractivity contribution in [2.24, 2.45) is 0 Å². The summed E-state index contributed by atoms with van der Waals surface area (Å²) in [6.07, 6.45) is -1.93. The largest absolute Gasteiger partial charge is 0.416 e. The Kier molecular flexibility index (Phi) is 5.74. The first-order chi connectivity index (χ1) is 15.0. The van der Waals surface area contributed by atoms with Gasteiger partial charge in [0.15, 0.2) is 5.65 Å². The predicted octanol–water partition coefficient (Wildman–Crippen LogP) is 3.61. The highest BCUT2D eigenvalue weighted by molar-refractivity contribution is 5.74. The number of nitrogens with zero attached hydrogens (tertiary/aromatic N) is 5. The first-order valence-corrected chi connectivity index (χ1v) is 10.6. The Balaban J connectivity index is 1.49. The average Bonchev–Trinajstić information content (AvgIpc) is 3.02. The summed E-state index contributed by atoms with van der Waals surface area (Å²) >= 11 is 0. The lowest BCUT2D eigenvalue weighted by Gasteiger charge is -2.23. The van der Waals surface area contributed by atoms with Crippen molar-refractivity contribution in [2.45, 2.75) is 45.5 Å². The van der Waals surface area contributed by atoms with Crippen LogP contribution in [0.3, 0.4) is 0 Å². The van der Waals surface area contributed by atoms with E-state index in [-0.39, 0.29) is 11.1 Å². The topological polar surface area (TPSA) is 70.1 Å². The lowest BCUT2D eigenvalue weighted by molar-refractivity contribution is -0.137. The molecule has 0 aliphatic carbocycles. The van der Waals surface area contributed by atoms with E-state index in [0.29, 0.717) is 36.6 Å². The molecule has 1 N–H and O–H groups in total. The number of aromatic nitrogens is 4. The molecule has 3 heterocycles. The van der Waals surface area contributed by atoms with Crippen molar-refractivity contribution < 1.29 is 13.2 Å². The summed E-state index contributed by atoms with van der Waals surface area (Å²) in [6.45, 7) is 9.49. The number of alkyl halides is 3. The molecule has 0 amide bonds. The zero-order valence-electron chi connectivity index (χ0n) is 18.4. The van der Waals surface area contributed by atoms with Gasteiger partial charge >= 0.3 is 6.18 Å². The molecular weight excluding hydrogens is 421 g/mol. The normalized spacial score (nSPS) is 16.5. The molecule has 32 heavy (non-hydrogen) atoms. The van der Waals surface area contributed by atoms with E-state index >= 15 is 0 Å². The Morgan fingerprint density at radius 3 is 2.41 bits per heavy atom. The first-order valence-electron chi connectivity index (χ1n) is 10.6. The van der Waals surface area contributed by atoms with Crippen LogP contribution in [-0.4, -0.2) is 50.8 Å². The number of fused-ring (bicyclic) bond motifs is 1. The number of anilines is 1. The summed E-state index contributed by atoms with van der Waals surface area (Å²) in [5, 5.41) is 4.81. The van der Waals surface area contributed by atoms with Crippen LogP contribution in [0.2, 0.25) is 0 Å². The van der Waals surface area contributed by atoms with Gasteiger partial charge in [-0.05, 0) is 44.9 Å². The third-order valence-corrected chi connectivity index (χ3v) is 5.64. The Bertz CT molecular complexity index is 1140. The molecule has 7 nitrogen and oxygen atoms in total. The van der Waals surface area contributed by atoms with Crippen molar-refractivity contribution in [1.29, 1.82) is 0 Å². The van der Waals surface area contributed by atoms with Crippen LogP contribution in [-0.2, 0) is 18.3 Å². The van der Waals surface area contributed by atoms with Gasteiger partial charge in [-0.2, -0.15) is 23.3 Å². The number of hydrogen-bond donors (Lipinski definition) is 1. The molecule has 10 heteroatoms. The molecule has 0 radical (unpaired) electrons. The van der Waals surface area contributed by atoms with Crippen molar-refractivity contribution in [2.75, 3.05) is 31.1 Å². The van der Waals surface area contributed by atoms with E-state index in [9.17, 15) is 18.0 Å². The lowest BCUT2D eigenvalue weighted by atomic mass is 10.1. The number of H-pyrrole nitrogens is 1. The molecule has 4 rings (SSSR count). The maximum Gasteiger partial charge on any atom is 0.416 e. The molecule has 1 aliphatic rings. The van der Waals surface area contributed by atoms with Crippen molar-refractivity contribution in [1.82, 2.24) is 24.6 Å². The lowest BCUT2D eigenvalue weighted by Crippen LogP contribution is -2.33. The van der Waals surface area contributed by atoms with Gasteiger partial charge in [0, 0.05) is 32.7 Å². The van der Waals surface area contributed by atoms with Crippen LogP contribution in [0.1, 0.15) is 38.3 Å². The Morgan fingerprint density at radius 2 is 1.75 bits per heavy atom. The summed E-state index contributed by atoms with van der Waals surface area (Å²) in [6, 6.07) is 5.32. The van der Waals surface area contributed by atoms with Gasteiger partial charge < -0.3 is 4.90 Å². The van der Waals surface area contributed by atoms with Gasteiger partial charge in [-0.1, -0.05) is 12.1 Å². The second-order valence-electron chi connectivity index (χ2n) is 9.17. The molecule has 0 spiro atoms. The summed E-state index contributed by atoms with van der Waals surface area (Å²) in [5.41, 5.74) is 0.238. The van der Waals surface area contributed by atoms with E-state index in [1.807, 2.05) is 25.7 Å². The smallest absolute Gasteiger partial charge is 0.341 e. The average molecular weight is 448 g/mol. The molecule has 0 bridgehead atoms.